The first-order chi connectivity index (χ1) is 9.37. The van der Waals surface area contributed by atoms with E-state index in [0.717, 1.165) is 16.3 Å². The Labute approximate surface area is 115 Å². The van der Waals surface area contributed by atoms with Crippen LogP contribution in [0.15, 0.2) is 36.4 Å². The summed E-state index contributed by atoms with van der Waals surface area (Å²) in [5.74, 6) is 0.248. The second-order valence-corrected chi connectivity index (χ2v) is 4.85. The highest BCUT2D eigenvalue weighted by atomic mass is 19.4. The molecule has 0 bridgehead atoms. The summed E-state index contributed by atoms with van der Waals surface area (Å²) in [5.41, 5.74) is 6.51. The average molecular weight is 283 g/mol. The molecule has 0 spiro atoms. The maximum Gasteiger partial charge on any atom is 0.422 e. The van der Waals surface area contributed by atoms with Crippen molar-refractivity contribution in [2.45, 2.75) is 25.6 Å². The van der Waals surface area contributed by atoms with Crippen LogP contribution in [0.5, 0.6) is 5.75 Å². The number of nitrogens with two attached hydrogens (primary N) is 1. The number of fused-ring (bicyclic) bond motifs is 1. The minimum Gasteiger partial charge on any atom is -0.484 e. The molecule has 2 aromatic rings. The van der Waals surface area contributed by atoms with E-state index in [9.17, 15) is 13.2 Å². The Morgan fingerprint density at radius 2 is 1.85 bits per heavy atom. The van der Waals surface area contributed by atoms with Crippen molar-refractivity contribution in [2.75, 3.05) is 6.61 Å². The Hall–Kier alpha value is -1.75. The van der Waals surface area contributed by atoms with Gasteiger partial charge in [0.15, 0.2) is 6.61 Å². The normalized spacial score (nSPS) is 13.4. The summed E-state index contributed by atoms with van der Waals surface area (Å²) in [6.07, 6.45) is -3.88. The van der Waals surface area contributed by atoms with E-state index in [1.54, 1.807) is 12.1 Å². The van der Waals surface area contributed by atoms with Crippen LogP contribution < -0.4 is 10.5 Å². The fourth-order valence-corrected chi connectivity index (χ4v) is 2.14. The van der Waals surface area contributed by atoms with Crippen molar-refractivity contribution < 1.29 is 17.9 Å². The molecule has 2 N–H and O–H groups in total. The molecule has 0 saturated carbocycles. The Kier molecular flexibility index (Phi) is 4.18. The highest BCUT2D eigenvalue weighted by Gasteiger charge is 2.29. The van der Waals surface area contributed by atoms with Crippen LogP contribution >= 0.6 is 0 Å². The summed E-state index contributed by atoms with van der Waals surface area (Å²) in [4.78, 5) is 0. The van der Waals surface area contributed by atoms with Gasteiger partial charge < -0.3 is 10.5 Å². The molecule has 2 nitrogen and oxygen atoms in total. The van der Waals surface area contributed by atoms with E-state index in [2.05, 4.69) is 0 Å². The van der Waals surface area contributed by atoms with Crippen LogP contribution in [0, 0.1) is 0 Å². The zero-order valence-corrected chi connectivity index (χ0v) is 11.1. The van der Waals surface area contributed by atoms with Crippen molar-refractivity contribution in [3.05, 3.63) is 42.0 Å². The van der Waals surface area contributed by atoms with Gasteiger partial charge in [-0.25, -0.2) is 0 Å². The predicted octanol–water partition coefficient (Wildman–Crippen LogP) is 3.67. The van der Waals surface area contributed by atoms with E-state index in [-0.39, 0.29) is 11.8 Å². The van der Waals surface area contributed by atoms with E-state index < -0.39 is 12.8 Å². The Morgan fingerprint density at radius 3 is 2.50 bits per heavy atom. The largest absolute Gasteiger partial charge is 0.484 e. The van der Waals surface area contributed by atoms with E-state index in [1.165, 1.54) is 0 Å². The number of ether oxygens (including phenoxy) is 1. The first-order valence-electron chi connectivity index (χ1n) is 6.32. The lowest BCUT2D eigenvalue weighted by Crippen LogP contribution is -2.22. The minimum absolute atomic E-state index is 0.158. The fourth-order valence-electron chi connectivity index (χ4n) is 2.14. The number of hydrogen-bond donors (Lipinski definition) is 1. The summed E-state index contributed by atoms with van der Waals surface area (Å²) >= 11 is 0. The maximum atomic E-state index is 12.3. The van der Waals surface area contributed by atoms with Gasteiger partial charge in [0.25, 0.3) is 0 Å². The van der Waals surface area contributed by atoms with Gasteiger partial charge in [0, 0.05) is 11.6 Å². The SMILES string of the molecule is CC(N)Cc1c(OCC(F)(F)F)ccc2ccccc12. The molecule has 0 fully saturated rings. The monoisotopic (exact) mass is 283 g/mol. The Balaban J connectivity index is 2.42. The Bertz CT molecular complexity index is 593. The topological polar surface area (TPSA) is 35.2 Å². The third-order valence-electron chi connectivity index (χ3n) is 2.92. The summed E-state index contributed by atoms with van der Waals surface area (Å²) in [7, 11) is 0. The summed E-state index contributed by atoms with van der Waals surface area (Å²) in [5, 5.41) is 1.84. The second kappa shape index (κ2) is 5.71. The molecule has 0 heterocycles. The lowest BCUT2D eigenvalue weighted by atomic mass is 9.98. The van der Waals surface area contributed by atoms with E-state index in [0.29, 0.717) is 6.42 Å². The van der Waals surface area contributed by atoms with Crippen molar-refractivity contribution in [2.24, 2.45) is 5.73 Å². The predicted molar refractivity (Wildman–Crippen MR) is 72.9 cm³/mol. The van der Waals surface area contributed by atoms with Gasteiger partial charge in [-0.05, 0) is 30.2 Å². The lowest BCUT2D eigenvalue weighted by molar-refractivity contribution is -0.153. The summed E-state index contributed by atoms with van der Waals surface area (Å²) in [6.45, 7) is 0.520. The van der Waals surface area contributed by atoms with Crippen LogP contribution in [-0.4, -0.2) is 18.8 Å². The van der Waals surface area contributed by atoms with Crippen molar-refractivity contribution in [1.29, 1.82) is 0 Å². The van der Waals surface area contributed by atoms with Crippen molar-refractivity contribution in [3.8, 4) is 5.75 Å². The van der Waals surface area contributed by atoms with Crippen molar-refractivity contribution in [1.82, 2.24) is 0 Å². The van der Waals surface area contributed by atoms with Crippen LogP contribution in [0.4, 0.5) is 13.2 Å². The number of hydrogen-bond acceptors (Lipinski definition) is 2. The highest BCUT2D eigenvalue weighted by Crippen LogP contribution is 2.30. The van der Waals surface area contributed by atoms with Crippen LogP contribution in [0.3, 0.4) is 0 Å². The van der Waals surface area contributed by atoms with Crippen LogP contribution in [0.2, 0.25) is 0 Å². The highest BCUT2D eigenvalue weighted by molar-refractivity contribution is 5.87. The molecule has 0 aliphatic rings. The minimum atomic E-state index is -4.35. The van der Waals surface area contributed by atoms with E-state index in [4.69, 9.17) is 10.5 Å². The van der Waals surface area contributed by atoms with Crippen molar-refractivity contribution >= 4 is 10.8 Å². The fraction of sp³-hybridized carbons (Fsp3) is 0.333. The molecule has 0 amide bonds. The van der Waals surface area contributed by atoms with Gasteiger partial charge in [0.2, 0.25) is 0 Å². The van der Waals surface area contributed by atoms with Gasteiger partial charge in [-0.3, -0.25) is 0 Å². The van der Waals surface area contributed by atoms with Crippen LogP contribution in [0.1, 0.15) is 12.5 Å². The van der Waals surface area contributed by atoms with Crippen molar-refractivity contribution in [3.63, 3.8) is 0 Å². The smallest absolute Gasteiger partial charge is 0.422 e. The molecule has 0 aromatic heterocycles. The van der Waals surface area contributed by atoms with E-state index >= 15 is 0 Å². The van der Waals surface area contributed by atoms with Gasteiger partial charge in [-0.2, -0.15) is 13.2 Å². The number of benzene rings is 2. The standard InChI is InChI=1S/C15H16F3NO/c1-10(19)8-13-12-5-3-2-4-11(12)6-7-14(13)20-9-15(16,17)18/h2-7,10H,8-9,19H2,1H3. The van der Waals surface area contributed by atoms with Gasteiger partial charge in [-0.15, -0.1) is 0 Å². The van der Waals surface area contributed by atoms with Gasteiger partial charge in [-0.1, -0.05) is 30.3 Å². The number of halogens is 3. The first kappa shape index (κ1) is 14.7. The van der Waals surface area contributed by atoms with Crippen LogP contribution in [0.25, 0.3) is 10.8 Å². The lowest BCUT2D eigenvalue weighted by Gasteiger charge is -2.16. The molecule has 0 radical (unpaired) electrons. The van der Waals surface area contributed by atoms with Gasteiger partial charge in [0.1, 0.15) is 5.75 Å². The molecule has 108 valence electrons. The third-order valence-corrected chi connectivity index (χ3v) is 2.92. The second-order valence-electron chi connectivity index (χ2n) is 4.85. The third kappa shape index (κ3) is 3.63. The molecule has 0 aliphatic heterocycles. The quantitative estimate of drug-likeness (QED) is 0.929. The van der Waals surface area contributed by atoms with E-state index in [1.807, 2.05) is 31.2 Å². The van der Waals surface area contributed by atoms with Crippen LogP contribution in [-0.2, 0) is 6.42 Å². The molecule has 1 unspecified atom stereocenters. The summed E-state index contributed by atoms with van der Waals surface area (Å²) < 4.78 is 41.8. The zero-order chi connectivity index (χ0) is 14.8. The molecule has 5 heteroatoms. The molecule has 0 aliphatic carbocycles. The molecular weight excluding hydrogens is 267 g/mol. The first-order valence-corrected chi connectivity index (χ1v) is 6.32. The van der Waals surface area contributed by atoms with Gasteiger partial charge >= 0.3 is 6.18 Å². The molecule has 1 atom stereocenters. The molecule has 2 rings (SSSR count). The molecular formula is C15H16F3NO. The molecule has 20 heavy (non-hydrogen) atoms. The number of rotatable bonds is 4. The summed E-state index contributed by atoms with van der Waals surface area (Å²) in [6, 6.07) is 10.7. The molecule has 0 saturated heterocycles. The number of alkyl halides is 3. The van der Waals surface area contributed by atoms with Gasteiger partial charge in [0.05, 0.1) is 0 Å². The maximum absolute atomic E-state index is 12.3. The Morgan fingerprint density at radius 1 is 1.15 bits per heavy atom. The molecule has 2 aromatic carbocycles. The average Bonchev–Trinajstić information content (AvgIpc) is 2.36. The zero-order valence-electron chi connectivity index (χ0n) is 11.1.